The van der Waals surface area contributed by atoms with Crippen molar-refractivity contribution < 1.29 is 22.7 Å². The number of nitrogens with one attached hydrogen (secondary N) is 1. The zero-order chi connectivity index (χ0) is 24.9. The maximum absolute atomic E-state index is 13.0. The third kappa shape index (κ3) is 4.81. The number of anilines is 1. The lowest BCUT2D eigenvalue weighted by Crippen LogP contribution is -2.68. The van der Waals surface area contributed by atoms with Crippen molar-refractivity contribution in [1.82, 2.24) is 23.6 Å². The van der Waals surface area contributed by atoms with Crippen molar-refractivity contribution in [3.05, 3.63) is 23.1 Å². The molecule has 0 aromatic carbocycles. The van der Waals surface area contributed by atoms with E-state index < -0.39 is 21.9 Å². The topological polar surface area (TPSA) is 118 Å². The average Bonchev–Trinajstić information content (AvgIpc) is 2.94. The number of aryl methyl sites for hydroxylation is 1. The summed E-state index contributed by atoms with van der Waals surface area (Å²) in [5.41, 5.74) is 1.08. The highest BCUT2D eigenvalue weighted by Gasteiger charge is 2.56. The summed E-state index contributed by atoms with van der Waals surface area (Å²) in [5, 5.41) is 4.76. The molecular formula is C21H31ClN6O5S. The van der Waals surface area contributed by atoms with Gasteiger partial charge in [0, 0.05) is 38.2 Å². The highest BCUT2D eigenvalue weighted by Crippen LogP contribution is 2.52. The van der Waals surface area contributed by atoms with Gasteiger partial charge < -0.3 is 14.4 Å². The second-order valence-electron chi connectivity index (χ2n) is 10.1. The lowest BCUT2D eigenvalue weighted by molar-refractivity contribution is 0.00639. The summed E-state index contributed by atoms with van der Waals surface area (Å²) in [6.07, 6.45) is 1.87. The van der Waals surface area contributed by atoms with Crippen LogP contribution >= 0.6 is 11.6 Å². The van der Waals surface area contributed by atoms with Gasteiger partial charge >= 0.3 is 16.3 Å². The Morgan fingerprint density at radius 2 is 2.03 bits per heavy atom. The molecule has 0 unspecified atom stereocenters. The number of hydrogen-bond donors (Lipinski definition) is 1. The van der Waals surface area contributed by atoms with Gasteiger partial charge in [-0.1, -0.05) is 11.6 Å². The van der Waals surface area contributed by atoms with Crippen molar-refractivity contribution in [2.45, 2.75) is 52.2 Å². The predicted octanol–water partition coefficient (Wildman–Crippen LogP) is 2.38. The molecule has 2 aromatic rings. The Hall–Kier alpha value is -2.15. The molecule has 0 bridgehead atoms. The molecule has 1 aliphatic carbocycles. The molecule has 0 atom stereocenters. The van der Waals surface area contributed by atoms with Crippen LogP contribution in [-0.4, -0.2) is 78.4 Å². The fourth-order valence-electron chi connectivity index (χ4n) is 4.85. The van der Waals surface area contributed by atoms with Crippen LogP contribution in [0.5, 0.6) is 0 Å². The van der Waals surface area contributed by atoms with Crippen molar-refractivity contribution in [1.29, 1.82) is 0 Å². The maximum atomic E-state index is 13.0. The van der Waals surface area contributed by atoms with E-state index in [-0.39, 0.29) is 24.6 Å². The van der Waals surface area contributed by atoms with Crippen LogP contribution < -0.4 is 9.62 Å². The summed E-state index contributed by atoms with van der Waals surface area (Å²) in [6, 6.07) is 1.63. The lowest BCUT2D eigenvalue weighted by Gasteiger charge is -2.60. The Balaban J connectivity index is 1.42. The number of halogens is 1. The van der Waals surface area contributed by atoms with Crippen LogP contribution in [-0.2, 0) is 19.7 Å². The third-order valence-corrected chi connectivity index (χ3v) is 8.01. The van der Waals surface area contributed by atoms with E-state index in [0.29, 0.717) is 18.0 Å². The second-order valence-corrected chi connectivity index (χ2v) is 12.1. The SMILES string of the molecule is COCCN(C1CC2(C1)CN(c1ncnn3c(Cl)cc(C)c13)C2)S(=O)(=O)NC(=O)OC(C)(C)C. The van der Waals surface area contributed by atoms with E-state index in [9.17, 15) is 13.2 Å². The molecule has 1 N–H and O–H groups in total. The van der Waals surface area contributed by atoms with Crippen molar-refractivity contribution in [2.75, 3.05) is 38.3 Å². The maximum Gasteiger partial charge on any atom is 0.422 e. The first-order valence-electron chi connectivity index (χ1n) is 11.1. The normalized spacial score (nSPS) is 18.3. The molecule has 2 aromatic heterocycles. The Morgan fingerprint density at radius 1 is 1.35 bits per heavy atom. The minimum absolute atomic E-state index is 0.00363. The predicted molar refractivity (Wildman–Crippen MR) is 127 cm³/mol. The van der Waals surface area contributed by atoms with Gasteiger partial charge in [0.05, 0.1) is 6.61 Å². The van der Waals surface area contributed by atoms with E-state index in [1.165, 1.54) is 17.7 Å². The molecule has 11 nitrogen and oxygen atoms in total. The van der Waals surface area contributed by atoms with Crippen molar-refractivity contribution in [3.8, 4) is 0 Å². The van der Waals surface area contributed by atoms with Crippen LogP contribution in [0.4, 0.5) is 10.6 Å². The number of rotatable bonds is 7. The molecule has 13 heteroatoms. The first-order chi connectivity index (χ1) is 15.8. The number of methoxy groups -OCH3 is 1. The van der Waals surface area contributed by atoms with Gasteiger partial charge in [-0.25, -0.2) is 19.0 Å². The molecule has 3 heterocycles. The first-order valence-corrected chi connectivity index (χ1v) is 12.9. The van der Waals surface area contributed by atoms with Crippen LogP contribution in [0.15, 0.2) is 12.4 Å². The molecule has 1 saturated carbocycles. The molecule has 34 heavy (non-hydrogen) atoms. The minimum atomic E-state index is -4.08. The molecule has 188 valence electrons. The highest BCUT2D eigenvalue weighted by atomic mass is 35.5. The molecule has 2 fully saturated rings. The summed E-state index contributed by atoms with van der Waals surface area (Å²) in [7, 11) is -2.57. The van der Waals surface area contributed by atoms with Gasteiger partial charge in [0.1, 0.15) is 22.6 Å². The zero-order valence-corrected chi connectivity index (χ0v) is 21.6. The fraction of sp³-hybridized carbons (Fsp3) is 0.667. The Kier molecular flexibility index (Phi) is 6.47. The standard InChI is InChI=1S/C21H31ClN6O5S/c1-14-8-16(22)28-17(14)18(23-13-24-28)26-11-21(12-26)9-15(10-21)27(6-7-32-5)34(30,31)25-19(29)33-20(2,3)4/h8,13,15H,6-7,9-12H2,1-5H3,(H,25,29). The number of ether oxygens (including phenoxy) is 2. The fourth-order valence-corrected chi connectivity index (χ4v) is 6.37. The number of fused-ring (bicyclic) bond motifs is 1. The third-order valence-electron chi connectivity index (χ3n) is 6.21. The molecule has 2 aliphatic rings. The summed E-state index contributed by atoms with van der Waals surface area (Å²) in [6.45, 7) is 8.88. The quantitative estimate of drug-likeness (QED) is 0.598. The zero-order valence-electron chi connectivity index (χ0n) is 20.0. The largest absolute Gasteiger partial charge is 0.443 e. The molecule has 4 rings (SSSR count). The van der Waals surface area contributed by atoms with Gasteiger partial charge in [-0.2, -0.15) is 17.8 Å². The van der Waals surface area contributed by atoms with Gasteiger partial charge in [-0.15, -0.1) is 0 Å². The first kappa shape index (κ1) is 25.0. The molecular weight excluding hydrogens is 484 g/mol. The van der Waals surface area contributed by atoms with E-state index in [2.05, 4.69) is 15.0 Å². The van der Waals surface area contributed by atoms with Crippen LogP contribution in [0.2, 0.25) is 5.15 Å². The number of carbonyl (C=O) groups is 1. The van der Waals surface area contributed by atoms with E-state index in [1.54, 1.807) is 25.3 Å². The molecule has 1 saturated heterocycles. The van der Waals surface area contributed by atoms with Gasteiger partial charge in [0.25, 0.3) is 0 Å². The number of nitrogens with zero attached hydrogens (tertiary/aromatic N) is 5. The minimum Gasteiger partial charge on any atom is -0.443 e. The lowest BCUT2D eigenvalue weighted by atomic mass is 9.60. The van der Waals surface area contributed by atoms with Gasteiger partial charge in [0.15, 0.2) is 5.82 Å². The van der Waals surface area contributed by atoms with Gasteiger partial charge in [0.2, 0.25) is 0 Å². The van der Waals surface area contributed by atoms with Gasteiger partial charge in [-0.05, 0) is 52.2 Å². The monoisotopic (exact) mass is 514 g/mol. The number of amides is 1. The molecule has 0 radical (unpaired) electrons. The average molecular weight is 515 g/mol. The summed E-state index contributed by atoms with van der Waals surface area (Å²) in [5.74, 6) is 0.823. The number of carbonyl (C=O) groups excluding carboxylic acids is 1. The Morgan fingerprint density at radius 3 is 2.65 bits per heavy atom. The van der Waals surface area contributed by atoms with Crippen LogP contribution in [0.25, 0.3) is 5.52 Å². The molecule has 1 spiro atoms. The molecule has 1 amide bonds. The van der Waals surface area contributed by atoms with Crippen LogP contribution in [0.3, 0.4) is 0 Å². The van der Waals surface area contributed by atoms with Crippen molar-refractivity contribution >= 4 is 39.2 Å². The van der Waals surface area contributed by atoms with E-state index >= 15 is 0 Å². The second kappa shape index (κ2) is 8.81. The van der Waals surface area contributed by atoms with Crippen LogP contribution in [0.1, 0.15) is 39.2 Å². The van der Waals surface area contributed by atoms with E-state index in [4.69, 9.17) is 21.1 Å². The van der Waals surface area contributed by atoms with Crippen molar-refractivity contribution in [3.63, 3.8) is 0 Å². The van der Waals surface area contributed by atoms with Crippen molar-refractivity contribution in [2.24, 2.45) is 5.41 Å². The smallest absolute Gasteiger partial charge is 0.422 e. The molecule has 1 aliphatic heterocycles. The Bertz CT molecular complexity index is 1180. The highest BCUT2D eigenvalue weighted by molar-refractivity contribution is 7.87. The Labute approximate surface area is 204 Å². The van der Waals surface area contributed by atoms with Crippen LogP contribution in [0, 0.1) is 12.3 Å². The van der Waals surface area contributed by atoms with E-state index in [0.717, 1.165) is 30.0 Å². The summed E-state index contributed by atoms with van der Waals surface area (Å²) >= 11 is 6.26. The van der Waals surface area contributed by atoms with Gasteiger partial charge in [-0.3, -0.25) is 0 Å². The number of hydrogen-bond acceptors (Lipinski definition) is 8. The summed E-state index contributed by atoms with van der Waals surface area (Å²) < 4.78 is 41.2. The van der Waals surface area contributed by atoms with E-state index in [1.807, 2.05) is 17.7 Å². The summed E-state index contributed by atoms with van der Waals surface area (Å²) in [4.78, 5) is 18.8. The number of aromatic nitrogens is 3.